The van der Waals surface area contributed by atoms with Crippen LogP contribution in [0.1, 0.15) is 39.5 Å². The first kappa shape index (κ1) is 18.5. The highest BCUT2D eigenvalue weighted by molar-refractivity contribution is 5.89. The van der Waals surface area contributed by atoms with Crippen LogP contribution in [0.5, 0.6) is 5.88 Å². The van der Waals surface area contributed by atoms with Crippen LogP contribution in [0.3, 0.4) is 0 Å². The van der Waals surface area contributed by atoms with Crippen molar-refractivity contribution in [3.63, 3.8) is 0 Å². The average Bonchev–Trinajstić information content (AvgIpc) is 2.85. The number of nitrogens with one attached hydrogen (secondary N) is 2. The van der Waals surface area contributed by atoms with Crippen LogP contribution in [0.25, 0.3) is 0 Å². The fourth-order valence-corrected chi connectivity index (χ4v) is 3.16. The van der Waals surface area contributed by atoms with E-state index < -0.39 is 0 Å². The number of hydrogen-bond donors (Lipinski definition) is 2. The van der Waals surface area contributed by atoms with Gasteiger partial charge in [0.05, 0.1) is 19.0 Å². The molecule has 6 heteroatoms. The van der Waals surface area contributed by atoms with Crippen LogP contribution >= 0.6 is 0 Å². The number of rotatable bonds is 6. The predicted molar refractivity (Wildman–Crippen MR) is 96.5 cm³/mol. The Bertz CT molecular complexity index is 496. The van der Waals surface area contributed by atoms with E-state index in [-0.39, 0.29) is 6.03 Å². The second kappa shape index (κ2) is 9.47. The molecule has 1 aromatic heterocycles. The molecule has 0 radical (unpaired) electrons. The van der Waals surface area contributed by atoms with Gasteiger partial charge >= 0.3 is 6.03 Å². The minimum atomic E-state index is -0.192. The van der Waals surface area contributed by atoms with E-state index in [1.165, 1.54) is 25.7 Å². The van der Waals surface area contributed by atoms with E-state index in [4.69, 9.17) is 4.74 Å². The third-order valence-corrected chi connectivity index (χ3v) is 4.55. The number of amides is 2. The molecule has 0 unspecified atom stereocenters. The van der Waals surface area contributed by atoms with Crippen molar-refractivity contribution in [3.8, 4) is 5.88 Å². The minimum absolute atomic E-state index is 0.192. The topological polar surface area (TPSA) is 66.5 Å². The van der Waals surface area contributed by atoms with Crippen molar-refractivity contribution in [1.29, 1.82) is 0 Å². The molecular formula is C18H30N4O2. The highest BCUT2D eigenvalue weighted by atomic mass is 16.5. The summed E-state index contributed by atoms with van der Waals surface area (Å²) < 4.78 is 5.01. The van der Waals surface area contributed by atoms with E-state index >= 15 is 0 Å². The van der Waals surface area contributed by atoms with Gasteiger partial charge in [0.2, 0.25) is 5.88 Å². The monoisotopic (exact) mass is 334 g/mol. The third-order valence-electron chi connectivity index (χ3n) is 4.55. The van der Waals surface area contributed by atoms with Gasteiger partial charge in [-0.3, -0.25) is 4.90 Å². The third kappa shape index (κ3) is 5.67. The molecule has 0 aliphatic carbocycles. The Morgan fingerprint density at radius 2 is 1.96 bits per heavy atom. The molecular weight excluding hydrogens is 304 g/mol. The maximum atomic E-state index is 12.1. The van der Waals surface area contributed by atoms with E-state index in [9.17, 15) is 4.79 Å². The molecule has 0 bridgehead atoms. The van der Waals surface area contributed by atoms with Crippen molar-refractivity contribution in [1.82, 2.24) is 15.2 Å². The Kier molecular flexibility index (Phi) is 7.31. The molecule has 24 heavy (non-hydrogen) atoms. The fraction of sp³-hybridized carbons (Fsp3) is 0.667. The highest BCUT2D eigenvalue weighted by Crippen LogP contribution is 2.17. The van der Waals surface area contributed by atoms with Gasteiger partial charge in [-0.05, 0) is 37.9 Å². The van der Waals surface area contributed by atoms with E-state index in [1.807, 2.05) is 0 Å². The average molecular weight is 334 g/mol. The number of ether oxygens (including phenoxy) is 1. The molecule has 2 amide bonds. The molecule has 0 aromatic carbocycles. The molecule has 1 saturated heterocycles. The summed E-state index contributed by atoms with van der Waals surface area (Å²) in [6, 6.07) is 3.69. The van der Waals surface area contributed by atoms with Crippen LogP contribution in [0, 0.1) is 5.92 Å². The van der Waals surface area contributed by atoms with Crippen LogP contribution in [-0.2, 0) is 0 Å². The molecule has 1 aliphatic heterocycles. The lowest BCUT2D eigenvalue weighted by atomic mass is 10.0. The number of carbonyl (C=O) groups is 1. The van der Waals surface area contributed by atoms with Gasteiger partial charge in [-0.25, -0.2) is 9.78 Å². The highest BCUT2D eigenvalue weighted by Gasteiger charge is 2.23. The van der Waals surface area contributed by atoms with Gasteiger partial charge in [0.25, 0.3) is 0 Å². The maximum Gasteiger partial charge on any atom is 0.319 e. The van der Waals surface area contributed by atoms with Crippen molar-refractivity contribution >= 4 is 11.7 Å². The molecule has 1 aliphatic rings. The first-order chi connectivity index (χ1) is 11.6. The van der Waals surface area contributed by atoms with Gasteiger partial charge in [0, 0.05) is 18.7 Å². The van der Waals surface area contributed by atoms with Crippen LogP contribution in [0.15, 0.2) is 18.3 Å². The summed E-state index contributed by atoms with van der Waals surface area (Å²) in [6.07, 6.45) is 6.74. The first-order valence-corrected chi connectivity index (χ1v) is 8.89. The molecule has 2 rings (SSSR count). The number of methoxy groups -OCH3 is 1. The quantitative estimate of drug-likeness (QED) is 0.839. The summed E-state index contributed by atoms with van der Waals surface area (Å²) in [5.74, 6) is 1.04. The lowest BCUT2D eigenvalue weighted by Crippen LogP contribution is -2.48. The summed E-state index contributed by atoms with van der Waals surface area (Å²) in [6.45, 7) is 7.38. The van der Waals surface area contributed by atoms with Crippen molar-refractivity contribution in [3.05, 3.63) is 18.3 Å². The number of anilines is 1. The van der Waals surface area contributed by atoms with E-state index in [2.05, 4.69) is 34.4 Å². The van der Waals surface area contributed by atoms with Crippen molar-refractivity contribution < 1.29 is 9.53 Å². The van der Waals surface area contributed by atoms with Gasteiger partial charge in [-0.15, -0.1) is 0 Å². The number of aromatic nitrogens is 1. The van der Waals surface area contributed by atoms with Crippen LogP contribution < -0.4 is 15.4 Å². The lowest BCUT2D eigenvalue weighted by molar-refractivity contribution is 0.158. The minimum Gasteiger partial charge on any atom is -0.481 e. The number of urea groups is 1. The van der Waals surface area contributed by atoms with Gasteiger partial charge in [0.15, 0.2) is 0 Å². The first-order valence-electron chi connectivity index (χ1n) is 8.89. The van der Waals surface area contributed by atoms with E-state index in [0.717, 1.165) is 13.1 Å². The summed E-state index contributed by atoms with van der Waals surface area (Å²) >= 11 is 0. The number of hydrogen-bond acceptors (Lipinski definition) is 4. The standard InChI is InChI=1S/C18H30N4O2/c1-14(2)16(22-10-6-4-5-7-11-22)13-20-18(23)21-15-8-9-17(24-3)19-12-15/h8-9,12,14,16H,4-7,10-11,13H2,1-3H3,(H2,20,21,23)/t16-/m1/s1. The van der Waals surface area contributed by atoms with Crippen molar-refractivity contribution in [2.75, 3.05) is 32.1 Å². The Balaban J connectivity index is 1.84. The largest absolute Gasteiger partial charge is 0.481 e. The number of likely N-dealkylation sites (tertiary alicyclic amines) is 1. The maximum absolute atomic E-state index is 12.1. The van der Waals surface area contributed by atoms with E-state index in [1.54, 1.807) is 25.4 Å². The SMILES string of the molecule is COc1ccc(NC(=O)NC[C@H](C(C)C)N2CCCCCC2)cn1. The zero-order chi connectivity index (χ0) is 17.4. The Labute approximate surface area is 145 Å². The Hall–Kier alpha value is -1.82. The summed E-state index contributed by atoms with van der Waals surface area (Å²) in [4.78, 5) is 18.8. The van der Waals surface area contributed by atoms with Gasteiger partial charge in [-0.2, -0.15) is 0 Å². The molecule has 6 nitrogen and oxygen atoms in total. The number of nitrogens with zero attached hydrogens (tertiary/aromatic N) is 2. The molecule has 134 valence electrons. The normalized spacial score (nSPS) is 17.2. The van der Waals surface area contributed by atoms with Gasteiger partial charge in [-0.1, -0.05) is 26.7 Å². The number of pyridine rings is 1. The smallest absolute Gasteiger partial charge is 0.319 e. The fourth-order valence-electron chi connectivity index (χ4n) is 3.16. The zero-order valence-electron chi connectivity index (χ0n) is 15.0. The van der Waals surface area contributed by atoms with Crippen molar-refractivity contribution in [2.45, 2.75) is 45.6 Å². The second-order valence-electron chi connectivity index (χ2n) is 6.69. The molecule has 1 aromatic rings. The van der Waals surface area contributed by atoms with E-state index in [0.29, 0.717) is 30.1 Å². The molecule has 2 N–H and O–H groups in total. The zero-order valence-corrected chi connectivity index (χ0v) is 15.0. The second-order valence-corrected chi connectivity index (χ2v) is 6.69. The number of carbonyl (C=O) groups excluding carboxylic acids is 1. The van der Waals surface area contributed by atoms with Gasteiger partial charge in [0.1, 0.15) is 0 Å². The Morgan fingerprint density at radius 3 is 2.50 bits per heavy atom. The predicted octanol–water partition coefficient (Wildman–Crippen LogP) is 3.11. The molecule has 1 atom stereocenters. The molecule has 0 spiro atoms. The molecule has 0 saturated carbocycles. The van der Waals surface area contributed by atoms with Gasteiger partial charge < -0.3 is 15.4 Å². The Morgan fingerprint density at radius 1 is 1.25 bits per heavy atom. The summed E-state index contributed by atoms with van der Waals surface area (Å²) in [5.41, 5.74) is 0.657. The van der Waals surface area contributed by atoms with Crippen LogP contribution in [-0.4, -0.2) is 48.7 Å². The van der Waals surface area contributed by atoms with Crippen molar-refractivity contribution in [2.24, 2.45) is 5.92 Å². The van der Waals surface area contributed by atoms with Crippen LogP contribution in [0.2, 0.25) is 0 Å². The summed E-state index contributed by atoms with van der Waals surface area (Å²) in [5, 5.41) is 5.82. The summed E-state index contributed by atoms with van der Waals surface area (Å²) in [7, 11) is 1.57. The lowest BCUT2D eigenvalue weighted by Gasteiger charge is -2.33. The van der Waals surface area contributed by atoms with Crippen LogP contribution in [0.4, 0.5) is 10.5 Å². The molecule has 2 heterocycles. The molecule has 1 fully saturated rings.